The standard InChI is InChI=1S/C16H18N6/c1-22(15-5-2-3-8-19-15)12-4-9-18-14-7-6-13-16(21-14)20-11-10-17-13/h2-3,5-8,10-11H,4,9,12H2,1H3,(H,18,20,21). The minimum atomic E-state index is 0.665. The number of nitrogens with one attached hydrogen (secondary N) is 1. The van der Waals surface area contributed by atoms with E-state index < -0.39 is 0 Å². The molecule has 0 saturated carbocycles. The van der Waals surface area contributed by atoms with E-state index in [1.54, 1.807) is 12.4 Å². The summed E-state index contributed by atoms with van der Waals surface area (Å²) in [4.78, 5) is 19.3. The van der Waals surface area contributed by atoms with Crippen LogP contribution in [0.4, 0.5) is 11.6 Å². The topological polar surface area (TPSA) is 66.8 Å². The van der Waals surface area contributed by atoms with E-state index in [9.17, 15) is 0 Å². The van der Waals surface area contributed by atoms with E-state index in [0.717, 1.165) is 36.7 Å². The van der Waals surface area contributed by atoms with Gasteiger partial charge in [0.05, 0.1) is 0 Å². The second-order valence-electron chi connectivity index (χ2n) is 4.99. The first kappa shape index (κ1) is 14.2. The Morgan fingerprint density at radius 3 is 2.77 bits per heavy atom. The number of aromatic nitrogens is 4. The lowest BCUT2D eigenvalue weighted by molar-refractivity contribution is 0.804. The molecule has 3 aromatic rings. The molecule has 112 valence electrons. The van der Waals surface area contributed by atoms with Crippen LogP contribution in [0.5, 0.6) is 0 Å². The molecule has 22 heavy (non-hydrogen) atoms. The van der Waals surface area contributed by atoms with Crippen molar-refractivity contribution in [3.63, 3.8) is 0 Å². The zero-order valence-electron chi connectivity index (χ0n) is 12.5. The van der Waals surface area contributed by atoms with E-state index in [-0.39, 0.29) is 0 Å². The predicted octanol–water partition coefficient (Wildman–Crippen LogP) is 2.36. The van der Waals surface area contributed by atoms with Crippen LogP contribution >= 0.6 is 0 Å². The summed E-state index contributed by atoms with van der Waals surface area (Å²) in [6.07, 6.45) is 6.13. The molecule has 0 aliphatic heterocycles. The van der Waals surface area contributed by atoms with Gasteiger partial charge in [0.1, 0.15) is 17.2 Å². The molecule has 0 atom stereocenters. The van der Waals surface area contributed by atoms with Crippen molar-refractivity contribution in [3.8, 4) is 0 Å². The molecule has 0 amide bonds. The fourth-order valence-electron chi connectivity index (χ4n) is 2.18. The Labute approximate surface area is 129 Å². The first-order valence-corrected chi connectivity index (χ1v) is 7.27. The van der Waals surface area contributed by atoms with Gasteiger partial charge in [0.25, 0.3) is 0 Å². The van der Waals surface area contributed by atoms with Crippen LogP contribution in [0.3, 0.4) is 0 Å². The van der Waals surface area contributed by atoms with Gasteiger partial charge in [0.15, 0.2) is 5.65 Å². The number of anilines is 2. The predicted molar refractivity (Wildman–Crippen MR) is 87.9 cm³/mol. The number of rotatable bonds is 6. The summed E-state index contributed by atoms with van der Waals surface area (Å²) in [5.41, 5.74) is 1.47. The molecule has 0 saturated heterocycles. The van der Waals surface area contributed by atoms with Crippen molar-refractivity contribution in [2.24, 2.45) is 0 Å². The van der Waals surface area contributed by atoms with Gasteiger partial charge < -0.3 is 10.2 Å². The number of nitrogens with zero attached hydrogens (tertiary/aromatic N) is 5. The third-order valence-corrected chi connectivity index (χ3v) is 3.35. The molecule has 3 aromatic heterocycles. The van der Waals surface area contributed by atoms with E-state index in [1.165, 1.54) is 0 Å². The van der Waals surface area contributed by atoms with Crippen molar-refractivity contribution in [1.29, 1.82) is 0 Å². The van der Waals surface area contributed by atoms with Crippen molar-refractivity contribution in [2.75, 3.05) is 30.4 Å². The molecule has 0 unspecified atom stereocenters. The van der Waals surface area contributed by atoms with Gasteiger partial charge in [-0.05, 0) is 30.7 Å². The molecular formula is C16H18N6. The third kappa shape index (κ3) is 3.46. The largest absolute Gasteiger partial charge is 0.370 e. The quantitative estimate of drug-likeness (QED) is 0.704. The van der Waals surface area contributed by atoms with Crippen LogP contribution in [0.2, 0.25) is 0 Å². The van der Waals surface area contributed by atoms with E-state index in [1.807, 2.05) is 43.6 Å². The Balaban J connectivity index is 1.50. The lowest BCUT2D eigenvalue weighted by atomic mass is 10.3. The third-order valence-electron chi connectivity index (χ3n) is 3.35. The Morgan fingerprint density at radius 2 is 1.91 bits per heavy atom. The van der Waals surface area contributed by atoms with Crippen LogP contribution in [-0.2, 0) is 0 Å². The molecule has 0 aromatic carbocycles. The normalized spacial score (nSPS) is 10.6. The summed E-state index contributed by atoms with van der Waals surface area (Å²) in [5, 5.41) is 3.32. The Kier molecular flexibility index (Phi) is 4.38. The second kappa shape index (κ2) is 6.80. The lowest BCUT2D eigenvalue weighted by Crippen LogP contribution is -2.21. The first-order chi connectivity index (χ1) is 10.8. The maximum absolute atomic E-state index is 4.44. The monoisotopic (exact) mass is 294 g/mol. The summed E-state index contributed by atoms with van der Waals surface area (Å²) in [7, 11) is 2.05. The van der Waals surface area contributed by atoms with E-state index >= 15 is 0 Å². The average molecular weight is 294 g/mol. The van der Waals surface area contributed by atoms with Gasteiger partial charge in [-0.15, -0.1) is 0 Å². The van der Waals surface area contributed by atoms with Crippen LogP contribution in [-0.4, -0.2) is 40.1 Å². The van der Waals surface area contributed by atoms with Crippen LogP contribution in [0.15, 0.2) is 48.9 Å². The lowest BCUT2D eigenvalue weighted by Gasteiger charge is -2.17. The summed E-state index contributed by atoms with van der Waals surface area (Å²) in [5.74, 6) is 1.81. The van der Waals surface area contributed by atoms with Crippen LogP contribution < -0.4 is 10.2 Å². The number of fused-ring (bicyclic) bond motifs is 1. The van der Waals surface area contributed by atoms with E-state index in [2.05, 4.69) is 30.2 Å². The van der Waals surface area contributed by atoms with Gasteiger partial charge in [0, 0.05) is 38.7 Å². The van der Waals surface area contributed by atoms with E-state index in [4.69, 9.17) is 0 Å². The minimum Gasteiger partial charge on any atom is -0.370 e. The van der Waals surface area contributed by atoms with Gasteiger partial charge >= 0.3 is 0 Å². The molecule has 0 spiro atoms. The summed E-state index contributed by atoms with van der Waals surface area (Å²) < 4.78 is 0. The molecule has 6 nitrogen and oxygen atoms in total. The highest BCUT2D eigenvalue weighted by Gasteiger charge is 2.02. The number of hydrogen-bond acceptors (Lipinski definition) is 6. The van der Waals surface area contributed by atoms with Crippen LogP contribution in [0.1, 0.15) is 6.42 Å². The Morgan fingerprint density at radius 1 is 1.00 bits per heavy atom. The van der Waals surface area contributed by atoms with Crippen LogP contribution in [0.25, 0.3) is 11.2 Å². The summed E-state index contributed by atoms with van der Waals surface area (Å²) >= 11 is 0. The van der Waals surface area contributed by atoms with E-state index in [0.29, 0.717) is 5.65 Å². The van der Waals surface area contributed by atoms with Crippen molar-refractivity contribution in [1.82, 2.24) is 19.9 Å². The first-order valence-electron chi connectivity index (χ1n) is 7.27. The molecule has 0 fully saturated rings. The summed E-state index contributed by atoms with van der Waals surface area (Å²) in [6.45, 7) is 1.77. The molecule has 3 heterocycles. The molecule has 0 aliphatic rings. The highest BCUT2D eigenvalue weighted by Crippen LogP contribution is 2.10. The SMILES string of the molecule is CN(CCCNc1ccc2nccnc2n1)c1ccccn1. The minimum absolute atomic E-state index is 0.665. The fraction of sp³-hybridized carbons (Fsp3) is 0.250. The zero-order chi connectivity index (χ0) is 15.2. The van der Waals surface area contributed by atoms with Crippen LogP contribution in [0, 0.1) is 0 Å². The maximum Gasteiger partial charge on any atom is 0.180 e. The van der Waals surface area contributed by atoms with Crippen molar-refractivity contribution >= 4 is 22.8 Å². The molecule has 0 bridgehead atoms. The molecule has 0 aliphatic carbocycles. The molecule has 0 radical (unpaired) electrons. The average Bonchev–Trinajstić information content (AvgIpc) is 2.59. The fourth-order valence-corrected chi connectivity index (χ4v) is 2.18. The Hall–Kier alpha value is -2.76. The number of hydrogen-bond donors (Lipinski definition) is 1. The maximum atomic E-state index is 4.44. The highest BCUT2D eigenvalue weighted by atomic mass is 15.2. The molecular weight excluding hydrogens is 276 g/mol. The number of pyridine rings is 2. The molecule has 6 heteroatoms. The van der Waals surface area contributed by atoms with Gasteiger partial charge in [0.2, 0.25) is 0 Å². The van der Waals surface area contributed by atoms with Gasteiger partial charge in [-0.2, -0.15) is 0 Å². The van der Waals surface area contributed by atoms with Crippen molar-refractivity contribution in [2.45, 2.75) is 6.42 Å². The Bertz CT molecular complexity index is 731. The van der Waals surface area contributed by atoms with Gasteiger partial charge in [-0.25, -0.2) is 15.0 Å². The van der Waals surface area contributed by atoms with Crippen molar-refractivity contribution in [3.05, 3.63) is 48.9 Å². The van der Waals surface area contributed by atoms with Crippen molar-refractivity contribution < 1.29 is 0 Å². The smallest absolute Gasteiger partial charge is 0.180 e. The second-order valence-corrected chi connectivity index (χ2v) is 4.99. The molecule has 3 rings (SSSR count). The van der Waals surface area contributed by atoms with Gasteiger partial charge in [-0.3, -0.25) is 4.98 Å². The highest BCUT2D eigenvalue weighted by molar-refractivity contribution is 5.71. The van der Waals surface area contributed by atoms with Gasteiger partial charge in [-0.1, -0.05) is 6.07 Å². The zero-order valence-corrected chi connectivity index (χ0v) is 12.5. The summed E-state index contributed by atoms with van der Waals surface area (Å²) in [6, 6.07) is 9.79. The molecule has 1 N–H and O–H groups in total.